The SMILES string of the molecule is CCC(C)C(NC(=O)N1CCN(C(=O)c2c[nH]c3ccccc23)CC1)C(=O)O. The zero-order valence-corrected chi connectivity index (χ0v) is 16.1. The Morgan fingerprint density at radius 2 is 1.79 bits per heavy atom. The third kappa shape index (κ3) is 3.95. The molecular formula is C20H26N4O4. The van der Waals surface area contributed by atoms with Crippen molar-refractivity contribution in [3.05, 3.63) is 36.0 Å². The number of carbonyl (C=O) groups excluding carboxylic acids is 2. The minimum Gasteiger partial charge on any atom is -0.480 e. The molecule has 0 saturated carbocycles. The van der Waals surface area contributed by atoms with E-state index >= 15 is 0 Å². The lowest BCUT2D eigenvalue weighted by atomic mass is 9.99. The minimum atomic E-state index is -1.03. The Bertz CT molecular complexity index is 870. The summed E-state index contributed by atoms with van der Waals surface area (Å²) in [6.45, 7) is 5.25. The van der Waals surface area contributed by atoms with Gasteiger partial charge in [0.25, 0.3) is 5.91 Å². The van der Waals surface area contributed by atoms with Gasteiger partial charge in [-0.25, -0.2) is 9.59 Å². The first-order valence-electron chi connectivity index (χ1n) is 9.56. The number of hydrogen-bond acceptors (Lipinski definition) is 3. The average Bonchev–Trinajstić information content (AvgIpc) is 3.14. The van der Waals surface area contributed by atoms with E-state index in [0.29, 0.717) is 38.2 Å². The van der Waals surface area contributed by atoms with Crippen molar-refractivity contribution in [2.24, 2.45) is 5.92 Å². The molecule has 1 saturated heterocycles. The topological polar surface area (TPSA) is 106 Å². The third-order valence-electron chi connectivity index (χ3n) is 5.43. The number of carboxylic acids is 1. The molecule has 1 aromatic carbocycles. The van der Waals surface area contributed by atoms with Crippen molar-refractivity contribution in [2.75, 3.05) is 26.2 Å². The maximum Gasteiger partial charge on any atom is 0.326 e. The molecule has 2 atom stereocenters. The quantitative estimate of drug-likeness (QED) is 0.732. The van der Waals surface area contributed by atoms with Crippen molar-refractivity contribution in [2.45, 2.75) is 26.3 Å². The van der Waals surface area contributed by atoms with Gasteiger partial charge in [-0.05, 0) is 12.0 Å². The molecule has 0 bridgehead atoms. The molecule has 3 N–H and O–H groups in total. The molecule has 2 heterocycles. The predicted octanol–water partition coefficient (Wildman–Crippen LogP) is 2.13. The standard InChI is InChI=1S/C20H26N4O4/c1-3-13(2)17(19(26)27)22-20(28)24-10-8-23(9-11-24)18(25)15-12-21-16-7-5-4-6-14(15)16/h4-7,12-13,17,21H,3,8-11H2,1-2H3,(H,22,28)(H,26,27). The molecular weight excluding hydrogens is 360 g/mol. The minimum absolute atomic E-state index is 0.0690. The fourth-order valence-corrected chi connectivity index (χ4v) is 3.44. The number of aromatic nitrogens is 1. The van der Waals surface area contributed by atoms with Gasteiger partial charge >= 0.3 is 12.0 Å². The lowest BCUT2D eigenvalue weighted by Crippen LogP contribution is -2.56. The van der Waals surface area contributed by atoms with Crippen LogP contribution in [0.2, 0.25) is 0 Å². The Morgan fingerprint density at radius 3 is 2.43 bits per heavy atom. The van der Waals surface area contributed by atoms with Crippen molar-refractivity contribution in [1.82, 2.24) is 20.1 Å². The number of piperazine rings is 1. The van der Waals surface area contributed by atoms with E-state index in [0.717, 1.165) is 10.9 Å². The summed E-state index contributed by atoms with van der Waals surface area (Å²) in [7, 11) is 0. The van der Waals surface area contributed by atoms with Crippen LogP contribution in [0.15, 0.2) is 30.5 Å². The molecule has 150 valence electrons. The van der Waals surface area contributed by atoms with Crippen molar-refractivity contribution >= 4 is 28.8 Å². The summed E-state index contributed by atoms with van der Waals surface area (Å²) in [5.41, 5.74) is 1.53. The smallest absolute Gasteiger partial charge is 0.326 e. The molecule has 8 nitrogen and oxygen atoms in total. The van der Waals surface area contributed by atoms with Crippen LogP contribution in [0, 0.1) is 5.92 Å². The second kappa shape index (κ2) is 8.33. The first-order valence-corrected chi connectivity index (χ1v) is 9.56. The van der Waals surface area contributed by atoms with E-state index in [-0.39, 0.29) is 11.8 Å². The molecule has 1 aromatic heterocycles. The zero-order chi connectivity index (χ0) is 20.3. The second-order valence-electron chi connectivity index (χ2n) is 7.18. The molecule has 3 amide bonds. The Labute approximate surface area is 163 Å². The number of hydrogen-bond donors (Lipinski definition) is 3. The monoisotopic (exact) mass is 386 g/mol. The number of carboxylic acid groups (broad SMARTS) is 1. The van der Waals surface area contributed by atoms with E-state index in [1.807, 2.05) is 31.2 Å². The summed E-state index contributed by atoms with van der Waals surface area (Å²) in [6.07, 6.45) is 2.37. The summed E-state index contributed by atoms with van der Waals surface area (Å²) in [4.78, 5) is 43.1. The van der Waals surface area contributed by atoms with E-state index in [1.165, 1.54) is 0 Å². The number of aliphatic carboxylic acids is 1. The summed E-state index contributed by atoms with van der Waals surface area (Å²) in [5.74, 6) is -1.26. The highest BCUT2D eigenvalue weighted by Gasteiger charge is 2.30. The summed E-state index contributed by atoms with van der Waals surface area (Å²) < 4.78 is 0. The molecule has 1 aliphatic heterocycles. The van der Waals surface area contributed by atoms with Gasteiger partial charge in [-0.1, -0.05) is 38.5 Å². The van der Waals surface area contributed by atoms with Crippen LogP contribution in [-0.4, -0.2) is 70.0 Å². The lowest BCUT2D eigenvalue weighted by molar-refractivity contribution is -0.140. The number of H-pyrrole nitrogens is 1. The summed E-state index contributed by atoms with van der Waals surface area (Å²) in [6, 6.07) is 6.32. The van der Waals surface area contributed by atoms with Crippen LogP contribution < -0.4 is 5.32 Å². The Balaban J connectivity index is 1.60. The molecule has 2 aromatic rings. The van der Waals surface area contributed by atoms with Gasteiger partial charge in [0.15, 0.2) is 0 Å². The maximum absolute atomic E-state index is 12.9. The number of nitrogens with one attached hydrogen (secondary N) is 2. The highest BCUT2D eigenvalue weighted by molar-refractivity contribution is 6.06. The van der Waals surface area contributed by atoms with Crippen molar-refractivity contribution in [3.63, 3.8) is 0 Å². The molecule has 0 radical (unpaired) electrons. The number of aromatic amines is 1. The van der Waals surface area contributed by atoms with Gasteiger partial charge in [0.2, 0.25) is 0 Å². The normalized spacial score (nSPS) is 16.6. The number of nitrogens with zero attached hydrogens (tertiary/aromatic N) is 2. The largest absolute Gasteiger partial charge is 0.480 e. The molecule has 28 heavy (non-hydrogen) atoms. The highest BCUT2D eigenvalue weighted by atomic mass is 16.4. The third-order valence-corrected chi connectivity index (χ3v) is 5.43. The fourth-order valence-electron chi connectivity index (χ4n) is 3.44. The number of carbonyl (C=O) groups is 3. The van der Waals surface area contributed by atoms with E-state index in [4.69, 9.17) is 0 Å². The fraction of sp³-hybridized carbons (Fsp3) is 0.450. The van der Waals surface area contributed by atoms with Crippen LogP contribution in [-0.2, 0) is 4.79 Å². The lowest BCUT2D eigenvalue weighted by Gasteiger charge is -2.35. The zero-order valence-electron chi connectivity index (χ0n) is 16.1. The van der Waals surface area contributed by atoms with E-state index in [9.17, 15) is 19.5 Å². The molecule has 1 fully saturated rings. The molecule has 2 unspecified atom stereocenters. The number of para-hydroxylation sites is 1. The number of rotatable bonds is 5. The second-order valence-corrected chi connectivity index (χ2v) is 7.18. The number of benzene rings is 1. The van der Waals surface area contributed by atoms with E-state index < -0.39 is 18.0 Å². The molecule has 1 aliphatic rings. The maximum atomic E-state index is 12.9. The van der Waals surface area contributed by atoms with Gasteiger partial charge in [0.05, 0.1) is 5.56 Å². The number of fused-ring (bicyclic) bond motifs is 1. The molecule has 0 aliphatic carbocycles. The van der Waals surface area contributed by atoms with Gasteiger partial charge in [-0.2, -0.15) is 0 Å². The van der Waals surface area contributed by atoms with Gasteiger partial charge < -0.3 is 25.2 Å². The first-order chi connectivity index (χ1) is 13.4. The van der Waals surface area contributed by atoms with Crippen molar-refractivity contribution < 1.29 is 19.5 Å². The predicted molar refractivity (Wildman–Crippen MR) is 105 cm³/mol. The number of urea groups is 1. The van der Waals surface area contributed by atoms with Gasteiger partial charge in [0, 0.05) is 43.3 Å². The van der Waals surface area contributed by atoms with E-state index in [2.05, 4.69) is 10.3 Å². The van der Waals surface area contributed by atoms with Crippen LogP contribution in [0.4, 0.5) is 4.79 Å². The molecule has 8 heteroatoms. The van der Waals surface area contributed by atoms with Crippen molar-refractivity contribution in [3.8, 4) is 0 Å². The van der Waals surface area contributed by atoms with Gasteiger partial charge in [-0.3, -0.25) is 4.79 Å². The van der Waals surface area contributed by atoms with Crippen LogP contribution in [0.5, 0.6) is 0 Å². The van der Waals surface area contributed by atoms with Gasteiger partial charge in [-0.15, -0.1) is 0 Å². The number of amides is 3. The van der Waals surface area contributed by atoms with Crippen LogP contribution >= 0.6 is 0 Å². The van der Waals surface area contributed by atoms with Crippen LogP contribution in [0.3, 0.4) is 0 Å². The van der Waals surface area contributed by atoms with Crippen LogP contribution in [0.25, 0.3) is 10.9 Å². The highest BCUT2D eigenvalue weighted by Crippen LogP contribution is 2.20. The first kappa shape index (κ1) is 19.7. The Hall–Kier alpha value is -3.03. The van der Waals surface area contributed by atoms with Crippen LogP contribution in [0.1, 0.15) is 30.6 Å². The molecule has 3 rings (SSSR count). The average molecular weight is 386 g/mol. The summed E-state index contributed by atoms with van der Waals surface area (Å²) >= 11 is 0. The Kier molecular flexibility index (Phi) is 5.87. The van der Waals surface area contributed by atoms with Crippen molar-refractivity contribution in [1.29, 1.82) is 0 Å². The van der Waals surface area contributed by atoms with E-state index in [1.54, 1.807) is 22.9 Å². The Morgan fingerprint density at radius 1 is 1.14 bits per heavy atom. The summed E-state index contributed by atoms with van der Waals surface area (Å²) in [5, 5.41) is 12.8. The molecule has 0 spiro atoms. The van der Waals surface area contributed by atoms with Gasteiger partial charge in [0.1, 0.15) is 6.04 Å².